The van der Waals surface area contributed by atoms with Gasteiger partial charge in [0.2, 0.25) is 5.91 Å². The van der Waals surface area contributed by atoms with Gasteiger partial charge in [0.05, 0.1) is 22.4 Å². The minimum atomic E-state index is -0.591. The van der Waals surface area contributed by atoms with Gasteiger partial charge in [0.15, 0.2) is 0 Å². The molecule has 0 bridgehead atoms. The van der Waals surface area contributed by atoms with Crippen molar-refractivity contribution >= 4 is 17.3 Å². The number of nitriles is 1. The van der Waals surface area contributed by atoms with Gasteiger partial charge in [-0.3, -0.25) is 19.6 Å². The molecule has 1 aromatic carbocycles. The van der Waals surface area contributed by atoms with E-state index in [1.165, 1.54) is 12.1 Å². The number of anilines is 1. The maximum atomic E-state index is 11.9. The molecule has 0 aliphatic rings. The standard InChI is InChI=1S/C14H13N5O3/c1-10-8-16-18(9-10)5-4-14(20)17-13-3-2-12(19(21)22)6-11(13)7-15/h2-3,6,8-9H,4-5H2,1H3,(H,17,20). The fourth-order valence-electron chi connectivity index (χ4n) is 1.87. The van der Waals surface area contributed by atoms with E-state index < -0.39 is 4.92 Å². The summed E-state index contributed by atoms with van der Waals surface area (Å²) in [5, 5.41) is 26.3. The van der Waals surface area contributed by atoms with Gasteiger partial charge in [0, 0.05) is 31.3 Å². The van der Waals surface area contributed by atoms with Crippen molar-refractivity contribution in [2.24, 2.45) is 0 Å². The molecule has 0 atom stereocenters. The zero-order valence-corrected chi connectivity index (χ0v) is 11.8. The number of carbonyl (C=O) groups excluding carboxylic acids is 1. The van der Waals surface area contributed by atoms with Crippen LogP contribution in [0.25, 0.3) is 0 Å². The number of carbonyl (C=O) groups is 1. The highest BCUT2D eigenvalue weighted by Gasteiger charge is 2.12. The summed E-state index contributed by atoms with van der Waals surface area (Å²) in [5.41, 5.74) is 1.12. The maximum Gasteiger partial charge on any atom is 0.270 e. The van der Waals surface area contributed by atoms with Gasteiger partial charge in [-0.2, -0.15) is 10.4 Å². The van der Waals surface area contributed by atoms with Crippen LogP contribution in [0, 0.1) is 28.4 Å². The van der Waals surface area contributed by atoms with E-state index in [0.29, 0.717) is 6.54 Å². The Kier molecular flexibility index (Phi) is 4.48. The van der Waals surface area contributed by atoms with Crippen LogP contribution in [0.15, 0.2) is 30.6 Å². The predicted molar refractivity (Wildman–Crippen MR) is 78.0 cm³/mol. The quantitative estimate of drug-likeness (QED) is 0.670. The Morgan fingerprint density at radius 3 is 2.91 bits per heavy atom. The molecule has 2 rings (SSSR count). The van der Waals surface area contributed by atoms with Crippen LogP contribution in [0.4, 0.5) is 11.4 Å². The van der Waals surface area contributed by atoms with Crippen LogP contribution >= 0.6 is 0 Å². The van der Waals surface area contributed by atoms with E-state index >= 15 is 0 Å². The molecule has 8 nitrogen and oxygen atoms in total. The van der Waals surface area contributed by atoms with Crippen molar-refractivity contribution < 1.29 is 9.72 Å². The van der Waals surface area contributed by atoms with E-state index in [4.69, 9.17) is 5.26 Å². The average Bonchev–Trinajstić information content (AvgIpc) is 2.91. The van der Waals surface area contributed by atoms with Crippen LogP contribution < -0.4 is 5.32 Å². The summed E-state index contributed by atoms with van der Waals surface area (Å²) in [5.74, 6) is -0.293. The largest absolute Gasteiger partial charge is 0.325 e. The van der Waals surface area contributed by atoms with Crippen molar-refractivity contribution in [3.8, 4) is 6.07 Å². The van der Waals surface area contributed by atoms with Crippen LogP contribution in [-0.2, 0) is 11.3 Å². The van der Waals surface area contributed by atoms with Crippen molar-refractivity contribution in [1.82, 2.24) is 9.78 Å². The van der Waals surface area contributed by atoms with Gasteiger partial charge >= 0.3 is 0 Å². The fraction of sp³-hybridized carbons (Fsp3) is 0.214. The zero-order chi connectivity index (χ0) is 16.1. The third-order valence-corrected chi connectivity index (χ3v) is 2.94. The van der Waals surface area contributed by atoms with Crippen LogP contribution in [0.5, 0.6) is 0 Å². The lowest BCUT2D eigenvalue weighted by molar-refractivity contribution is -0.384. The first-order chi connectivity index (χ1) is 10.5. The van der Waals surface area contributed by atoms with Crippen molar-refractivity contribution in [2.75, 3.05) is 5.32 Å². The second-order valence-electron chi connectivity index (χ2n) is 4.68. The smallest absolute Gasteiger partial charge is 0.270 e. The SMILES string of the molecule is Cc1cnn(CCC(=O)Nc2ccc([N+](=O)[O-])cc2C#N)c1. The maximum absolute atomic E-state index is 11.9. The lowest BCUT2D eigenvalue weighted by atomic mass is 10.1. The number of benzene rings is 1. The molecule has 8 heteroatoms. The van der Waals surface area contributed by atoms with E-state index in [9.17, 15) is 14.9 Å². The van der Waals surface area contributed by atoms with E-state index in [2.05, 4.69) is 10.4 Å². The molecule has 22 heavy (non-hydrogen) atoms. The fourth-order valence-corrected chi connectivity index (χ4v) is 1.87. The Balaban J connectivity index is 2.02. The number of nitrogens with zero attached hydrogens (tertiary/aromatic N) is 4. The number of non-ortho nitro benzene ring substituents is 1. The van der Waals surface area contributed by atoms with Crippen LogP contribution in [0.1, 0.15) is 17.5 Å². The first kappa shape index (κ1) is 15.2. The number of amides is 1. The van der Waals surface area contributed by atoms with Gasteiger partial charge in [-0.05, 0) is 18.6 Å². The minimum absolute atomic E-state index is 0.0532. The number of nitro groups is 1. The Morgan fingerprint density at radius 2 is 2.32 bits per heavy atom. The third kappa shape index (κ3) is 3.67. The first-order valence-corrected chi connectivity index (χ1v) is 6.47. The number of aromatic nitrogens is 2. The highest BCUT2D eigenvalue weighted by atomic mass is 16.6. The highest BCUT2D eigenvalue weighted by Crippen LogP contribution is 2.21. The summed E-state index contributed by atoms with van der Waals surface area (Å²) < 4.78 is 1.65. The molecule has 112 valence electrons. The molecule has 1 amide bonds. The summed E-state index contributed by atoms with van der Waals surface area (Å²) in [6.45, 7) is 2.31. The molecule has 0 radical (unpaired) electrons. The summed E-state index contributed by atoms with van der Waals surface area (Å²) in [7, 11) is 0. The molecule has 0 saturated carbocycles. The van der Waals surface area contributed by atoms with Gasteiger partial charge in [0.1, 0.15) is 6.07 Å². The molecule has 0 aliphatic heterocycles. The lowest BCUT2D eigenvalue weighted by Gasteiger charge is -2.07. The first-order valence-electron chi connectivity index (χ1n) is 6.47. The van der Waals surface area contributed by atoms with E-state index in [0.717, 1.165) is 11.6 Å². The molecule has 0 saturated heterocycles. The second-order valence-corrected chi connectivity index (χ2v) is 4.68. The molecule has 0 unspecified atom stereocenters. The van der Waals surface area contributed by atoms with Crippen molar-refractivity contribution in [3.63, 3.8) is 0 Å². The predicted octanol–water partition coefficient (Wildman–Crippen LogP) is 2.00. The molecule has 1 heterocycles. The van der Waals surface area contributed by atoms with E-state index in [1.807, 2.05) is 19.2 Å². The van der Waals surface area contributed by atoms with E-state index in [1.54, 1.807) is 10.9 Å². The molecule has 1 aromatic heterocycles. The van der Waals surface area contributed by atoms with E-state index in [-0.39, 0.29) is 29.3 Å². The van der Waals surface area contributed by atoms with Crippen molar-refractivity contribution in [3.05, 3.63) is 51.8 Å². The van der Waals surface area contributed by atoms with Gasteiger partial charge < -0.3 is 5.32 Å². The van der Waals surface area contributed by atoms with Crippen molar-refractivity contribution in [2.45, 2.75) is 19.9 Å². The lowest BCUT2D eigenvalue weighted by Crippen LogP contribution is -2.15. The summed E-state index contributed by atoms with van der Waals surface area (Å²) in [6, 6.07) is 5.57. The molecule has 0 aliphatic carbocycles. The van der Waals surface area contributed by atoms with Gasteiger partial charge in [-0.25, -0.2) is 0 Å². The minimum Gasteiger partial charge on any atom is -0.325 e. The van der Waals surface area contributed by atoms with Gasteiger partial charge in [0.25, 0.3) is 5.69 Å². The van der Waals surface area contributed by atoms with Gasteiger partial charge in [-0.1, -0.05) is 0 Å². The number of nitrogens with one attached hydrogen (secondary N) is 1. The Morgan fingerprint density at radius 1 is 1.55 bits per heavy atom. The number of hydrogen-bond donors (Lipinski definition) is 1. The monoisotopic (exact) mass is 299 g/mol. The topological polar surface area (TPSA) is 114 Å². The summed E-state index contributed by atoms with van der Waals surface area (Å²) >= 11 is 0. The Labute approximate surface area is 126 Å². The van der Waals surface area contributed by atoms with Crippen LogP contribution in [0.2, 0.25) is 0 Å². The summed E-state index contributed by atoms with van der Waals surface area (Å²) in [4.78, 5) is 22.0. The summed E-state index contributed by atoms with van der Waals surface area (Å²) in [6.07, 6.45) is 3.70. The van der Waals surface area contributed by atoms with Crippen molar-refractivity contribution in [1.29, 1.82) is 5.26 Å². The molecule has 0 spiro atoms. The average molecular weight is 299 g/mol. The van der Waals surface area contributed by atoms with Crippen LogP contribution in [-0.4, -0.2) is 20.6 Å². The molecular weight excluding hydrogens is 286 g/mol. The molecule has 0 fully saturated rings. The van der Waals surface area contributed by atoms with Gasteiger partial charge in [-0.15, -0.1) is 0 Å². The Hall–Kier alpha value is -3.21. The zero-order valence-electron chi connectivity index (χ0n) is 11.8. The Bertz CT molecular complexity index is 760. The van der Waals surface area contributed by atoms with Crippen LogP contribution in [0.3, 0.4) is 0 Å². The second kappa shape index (κ2) is 6.49. The number of rotatable bonds is 5. The third-order valence-electron chi connectivity index (χ3n) is 2.94. The molecule has 2 aromatic rings. The normalized spacial score (nSPS) is 10.0. The molecular formula is C14H13N5O3. The highest BCUT2D eigenvalue weighted by molar-refractivity contribution is 5.92. The molecule has 1 N–H and O–H groups in total. The number of aryl methyl sites for hydroxylation is 2. The number of hydrogen-bond acceptors (Lipinski definition) is 5. The number of nitro benzene ring substituents is 1.